The van der Waals surface area contributed by atoms with Crippen molar-refractivity contribution in [1.29, 1.82) is 0 Å². The average molecular weight is 357 g/mol. The van der Waals surface area contributed by atoms with Crippen molar-refractivity contribution in [2.24, 2.45) is 0 Å². The first kappa shape index (κ1) is 15.6. The second kappa shape index (κ2) is 6.79. The normalized spacial score (nSPS) is 12.7. The summed E-state index contributed by atoms with van der Waals surface area (Å²) < 4.78 is 6.59. The van der Waals surface area contributed by atoms with E-state index in [0.717, 1.165) is 45.1 Å². The molecule has 1 aromatic carbocycles. The highest BCUT2D eigenvalue weighted by atomic mass is 79.9. The van der Waals surface area contributed by atoms with Crippen LogP contribution in [0.1, 0.15) is 42.0 Å². The zero-order valence-electron chi connectivity index (χ0n) is 12.0. The van der Waals surface area contributed by atoms with Crippen LogP contribution in [0.3, 0.4) is 0 Å². The molecule has 20 heavy (non-hydrogen) atoms. The van der Waals surface area contributed by atoms with Gasteiger partial charge in [0.25, 0.3) is 0 Å². The van der Waals surface area contributed by atoms with Crippen molar-refractivity contribution in [3.8, 4) is 0 Å². The minimum absolute atomic E-state index is 0.0531. The van der Waals surface area contributed by atoms with Crippen molar-refractivity contribution in [2.45, 2.75) is 33.2 Å². The van der Waals surface area contributed by atoms with Crippen LogP contribution in [0.15, 0.2) is 33.2 Å². The van der Waals surface area contributed by atoms with E-state index in [2.05, 4.69) is 40.3 Å². The van der Waals surface area contributed by atoms with Crippen molar-refractivity contribution in [1.82, 2.24) is 5.32 Å². The van der Waals surface area contributed by atoms with Gasteiger partial charge in [-0.15, -0.1) is 0 Å². The number of hydrogen-bond acceptors (Lipinski definition) is 2. The number of aryl methyl sites for hydroxylation is 2. The Labute approximate surface area is 133 Å². The molecule has 0 fully saturated rings. The summed E-state index contributed by atoms with van der Waals surface area (Å²) in [4.78, 5) is 0. The van der Waals surface area contributed by atoms with Crippen molar-refractivity contribution < 1.29 is 4.42 Å². The van der Waals surface area contributed by atoms with Crippen molar-refractivity contribution >= 4 is 27.5 Å². The van der Waals surface area contributed by atoms with E-state index in [9.17, 15) is 0 Å². The highest BCUT2D eigenvalue weighted by Crippen LogP contribution is 2.35. The maximum absolute atomic E-state index is 6.46. The van der Waals surface area contributed by atoms with E-state index >= 15 is 0 Å². The van der Waals surface area contributed by atoms with Gasteiger partial charge in [-0.3, -0.25) is 0 Å². The van der Waals surface area contributed by atoms with E-state index in [1.54, 1.807) is 0 Å². The summed E-state index contributed by atoms with van der Waals surface area (Å²) in [6.45, 7) is 7.04. The Morgan fingerprint density at radius 1 is 1.30 bits per heavy atom. The SMILES string of the molecule is CCCNC(c1cc(C)oc1C)c1cccc(Br)c1Cl. The van der Waals surface area contributed by atoms with E-state index in [4.69, 9.17) is 16.0 Å². The summed E-state index contributed by atoms with van der Waals surface area (Å²) in [7, 11) is 0. The Morgan fingerprint density at radius 2 is 2.05 bits per heavy atom. The largest absolute Gasteiger partial charge is 0.466 e. The van der Waals surface area contributed by atoms with Gasteiger partial charge < -0.3 is 9.73 Å². The van der Waals surface area contributed by atoms with Crippen LogP contribution < -0.4 is 5.32 Å². The molecule has 108 valence electrons. The molecule has 0 aliphatic heterocycles. The van der Waals surface area contributed by atoms with Crippen LogP contribution in [0.25, 0.3) is 0 Å². The Balaban J connectivity index is 2.47. The van der Waals surface area contributed by atoms with E-state index in [0.29, 0.717) is 0 Å². The van der Waals surface area contributed by atoms with Gasteiger partial charge in [0.1, 0.15) is 11.5 Å². The molecule has 1 atom stereocenters. The number of nitrogens with one attached hydrogen (secondary N) is 1. The lowest BCUT2D eigenvalue weighted by atomic mass is 9.98. The van der Waals surface area contributed by atoms with Crippen LogP contribution in [-0.4, -0.2) is 6.54 Å². The van der Waals surface area contributed by atoms with Crippen molar-refractivity contribution in [3.05, 3.63) is 56.4 Å². The van der Waals surface area contributed by atoms with Crippen molar-refractivity contribution in [3.63, 3.8) is 0 Å². The van der Waals surface area contributed by atoms with Gasteiger partial charge in [0.15, 0.2) is 0 Å². The van der Waals surface area contributed by atoms with Gasteiger partial charge in [0.2, 0.25) is 0 Å². The first-order valence-electron chi connectivity index (χ1n) is 6.78. The Morgan fingerprint density at radius 3 is 2.65 bits per heavy atom. The number of furan rings is 1. The summed E-state index contributed by atoms with van der Waals surface area (Å²) in [5, 5.41) is 4.31. The molecule has 2 aromatic rings. The van der Waals surface area contributed by atoms with E-state index in [1.807, 2.05) is 26.0 Å². The maximum atomic E-state index is 6.46. The molecule has 0 amide bonds. The lowest BCUT2D eigenvalue weighted by Gasteiger charge is -2.20. The second-order valence-corrected chi connectivity index (χ2v) is 6.13. The summed E-state index contributed by atoms with van der Waals surface area (Å²) >= 11 is 9.95. The molecule has 2 nitrogen and oxygen atoms in total. The van der Waals surface area contributed by atoms with Gasteiger partial charge in [-0.05, 0) is 60.4 Å². The van der Waals surface area contributed by atoms with E-state index in [1.165, 1.54) is 0 Å². The lowest BCUT2D eigenvalue weighted by Crippen LogP contribution is -2.23. The summed E-state index contributed by atoms with van der Waals surface area (Å²) in [5.74, 6) is 1.86. The van der Waals surface area contributed by atoms with Gasteiger partial charge >= 0.3 is 0 Å². The Hall–Kier alpha value is -0.770. The number of rotatable bonds is 5. The van der Waals surface area contributed by atoms with Gasteiger partial charge in [0, 0.05) is 10.0 Å². The predicted molar refractivity (Wildman–Crippen MR) is 87.5 cm³/mol. The maximum Gasteiger partial charge on any atom is 0.106 e. The monoisotopic (exact) mass is 355 g/mol. The molecule has 0 bridgehead atoms. The van der Waals surface area contributed by atoms with E-state index in [-0.39, 0.29) is 6.04 Å². The predicted octanol–water partition coefficient (Wildman–Crippen LogP) is 5.40. The molecule has 0 spiro atoms. The smallest absolute Gasteiger partial charge is 0.106 e. The third-order valence-corrected chi connectivity index (χ3v) is 4.59. The average Bonchev–Trinajstić information content (AvgIpc) is 2.74. The second-order valence-electron chi connectivity index (χ2n) is 4.90. The summed E-state index contributed by atoms with van der Waals surface area (Å²) in [6, 6.07) is 8.16. The molecule has 0 radical (unpaired) electrons. The quantitative estimate of drug-likeness (QED) is 0.775. The van der Waals surface area contributed by atoms with Gasteiger partial charge in [0.05, 0.1) is 11.1 Å². The van der Waals surface area contributed by atoms with E-state index < -0.39 is 0 Å². The molecule has 1 unspecified atom stereocenters. The summed E-state index contributed by atoms with van der Waals surface area (Å²) in [5.41, 5.74) is 2.22. The molecule has 4 heteroatoms. The van der Waals surface area contributed by atoms with Crippen LogP contribution >= 0.6 is 27.5 Å². The lowest BCUT2D eigenvalue weighted by molar-refractivity contribution is 0.493. The summed E-state index contributed by atoms with van der Waals surface area (Å²) in [6.07, 6.45) is 1.07. The first-order valence-corrected chi connectivity index (χ1v) is 7.96. The fraction of sp³-hybridized carbons (Fsp3) is 0.375. The first-order chi connectivity index (χ1) is 9.54. The third-order valence-electron chi connectivity index (χ3n) is 3.28. The Kier molecular flexibility index (Phi) is 5.30. The zero-order chi connectivity index (χ0) is 14.7. The molecule has 0 aliphatic carbocycles. The standard InChI is InChI=1S/C16H19BrClNO/c1-4-8-19-16(13-9-10(2)20-11(13)3)12-6-5-7-14(17)15(12)18/h5-7,9,16,19H,4,8H2,1-3H3. The fourth-order valence-corrected chi connectivity index (χ4v) is 2.97. The topological polar surface area (TPSA) is 25.2 Å². The number of benzene rings is 1. The molecule has 2 rings (SSSR count). The number of halogens is 2. The number of hydrogen-bond donors (Lipinski definition) is 1. The Bertz CT molecular complexity index is 594. The zero-order valence-corrected chi connectivity index (χ0v) is 14.3. The third kappa shape index (κ3) is 3.27. The highest BCUT2D eigenvalue weighted by molar-refractivity contribution is 9.10. The van der Waals surface area contributed by atoms with Gasteiger partial charge in [-0.2, -0.15) is 0 Å². The van der Waals surface area contributed by atoms with Crippen LogP contribution in [0.5, 0.6) is 0 Å². The van der Waals surface area contributed by atoms with Crippen molar-refractivity contribution in [2.75, 3.05) is 6.54 Å². The molecular formula is C16H19BrClNO. The van der Waals surface area contributed by atoms with Crippen LogP contribution in [0, 0.1) is 13.8 Å². The van der Waals surface area contributed by atoms with Crippen LogP contribution in [0.2, 0.25) is 5.02 Å². The molecule has 0 saturated heterocycles. The molecule has 0 aliphatic rings. The molecule has 1 N–H and O–H groups in total. The molecule has 1 aromatic heterocycles. The fourth-order valence-electron chi connectivity index (χ4n) is 2.36. The molecular weight excluding hydrogens is 338 g/mol. The van der Waals surface area contributed by atoms with Crippen LogP contribution in [-0.2, 0) is 0 Å². The van der Waals surface area contributed by atoms with Gasteiger partial charge in [-0.1, -0.05) is 30.7 Å². The molecule has 0 saturated carbocycles. The van der Waals surface area contributed by atoms with Gasteiger partial charge in [-0.25, -0.2) is 0 Å². The highest BCUT2D eigenvalue weighted by Gasteiger charge is 2.21. The van der Waals surface area contributed by atoms with Crippen LogP contribution in [0.4, 0.5) is 0 Å². The minimum atomic E-state index is 0.0531. The molecule has 1 heterocycles. The minimum Gasteiger partial charge on any atom is -0.466 e.